The number of aromatic hydroxyl groups is 1. The molecule has 1 heteroatoms. The molecule has 1 nitrogen and oxygen atoms in total. The van der Waals surface area contributed by atoms with Crippen LogP contribution in [0.3, 0.4) is 0 Å². The predicted molar refractivity (Wildman–Crippen MR) is 72.5 cm³/mol. The highest BCUT2D eigenvalue weighted by Crippen LogP contribution is 2.29. The fourth-order valence-corrected chi connectivity index (χ4v) is 3.04. The average Bonchev–Trinajstić information content (AvgIpc) is 2.34. The molecule has 1 N–H and O–H groups in total. The number of aryl methyl sites for hydroxylation is 3. The molecular weight excluding hydrogens is 208 g/mol. The van der Waals surface area contributed by atoms with Crippen molar-refractivity contribution in [1.29, 1.82) is 0 Å². The quantitative estimate of drug-likeness (QED) is 0.812. The minimum Gasteiger partial charge on any atom is -0.507 e. The van der Waals surface area contributed by atoms with E-state index in [4.69, 9.17) is 0 Å². The van der Waals surface area contributed by atoms with Crippen LogP contribution in [-0.4, -0.2) is 5.11 Å². The van der Waals surface area contributed by atoms with Crippen LogP contribution in [0.1, 0.15) is 55.2 Å². The molecule has 0 spiro atoms. The molecule has 0 radical (unpaired) electrons. The first-order valence-corrected chi connectivity index (χ1v) is 6.96. The van der Waals surface area contributed by atoms with Crippen molar-refractivity contribution in [2.24, 2.45) is 5.92 Å². The number of phenols is 1. The lowest BCUT2D eigenvalue weighted by Crippen LogP contribution is -2.07. The summed E-state index contributed by atoms with van der Waals surface area (Å²) in [6.07, 6.45) is 9.65. The SMILES string of the molecule is Cc1cc(CCC2CCCCC2)cc(C)c1O. The van der Waals surface area contributed by atoms with Gasteiger partial charge >= 0.3 is 0 Å². The minimum absolute atomic E-state index is 0.464. The molecule has 0 bridgehead atoms. The molecule has 0 heterocycles. The van der Waals surface area contributed by atoms with E-state index >= 15 is 0 Å². The van der Waals surface area contributed by atoms with Crippen molar-refractivity contribution in [3.05, 3.63) is 28.8 Å². The molecule has 0 aliphatic heterocycles. The van der Waals surface area contributed by atoms with Crippen LogP contribution in [-0.2, 0) is 6.42 Å². The molecule has 0 atom stereocenters. The largest absolute Gasteiger partial charge is 0.507 e. The van der Waals surface area contributed by atoms with Crippen molar-refractivity contribution < 1.29 is 5.11 Å². The molecular formula is C16H24O. The minimum atomic E-state index is 0.464. The van der Waals surface area contributed by atoms with Crippen molar-refractivity contribution in [1.82, 2.24) is 0 Å². The predicted octanol–water partition coefficient (Wildman–Crippen LogP) is 4.52. The molecule has 1 aromatic rings. The highest BCUT2D eigenvalue weighted by molar-refractivity contribution is 5.42. The van der Waals surface area contributed by atoms with E-state index in [2.05, 4.69) is 12.1 Å². The first kappa shape index (κ1) is 12.5. The van der Waals surface area contributed by atoms with E-state index in [1.54, 1.807) is 0 Å². The van der Waals surface area contributed by atoms with Gasteiger partial charge in [0.2, 0.25) is 0 Å². The van der Waals surface area contributed by atoms with Gasteiger partial charge in [-0.25, -0.2) is 0 Å². The first-order chi connectivity index (χ1) is 8.16. The molecule has 0 unspecified atom stereocenters. The van der Waals surface area contributed by atoms with Crippen LogP contribution in [0.25, 0.3) is 0 Å². The molecule has 0 aromatic heterocycles. The highest BCUT2D eigenvalue weighted by atomic mass is 16.3. The number of phenolic OH excluding ortho intramolecular Hbond substituents is 1. The van der Waals surface area contributed by atoms with Crippen LogP contribution >= 0.6 is 0 Å². The summed E-state index contributed by atoms with van der Waals surface area (Å²) in [6, 6.07) is 4.29. The number of rotatable bonds is 3. The third-order valence-electron chi connectivity index (χ3n) is 4.12. The van der Waals surface area contributed by atoms with Crippen LogP contribution in [0, 0.1) is 19.8 Å². The van der Waals surface area contributed by atoms with Crippen LogP contribution in [0.15, 0.2) is 12.1 Å². The Morgan fingerprint density at radius 2 is 1.65 bits per heavy atom. The Bertz CT molecular complexity index is 352. The maximum atomic E-state index is 9.75. The van der Waals surface area contributed by atoms with E-state index in [0.717, 1.165) is 17.0 Å². The molecule has 17 heavy (non-hydrogen) atoms. The summed E-state index contributed by atoms with van der Waals surface area (Å²) in [5.41, 5.74) is 3.43. The van der Waals surface area contributed by atoms with Crippen molar-refractivity contribution in [2.75, 3.05) is 0 Å². The van der Waals surface area contributed by atoms with Gasteiger partial charge in [-0.2, -0.15) is 0 Å². The smallest absolute Gasteiger partial charge is 0.121 e. The lowest BCUT2D eigenvalue weighted by molar-refractivity contribution is 0.339. The molecule has 1 aliphatic carbocycles. The third-order valence-corrected chi connectivity index (χ3v) is 4.12. The monoisotopic (exact) mass is 232 g/mol. The van der Waals surface area contributed by atoms with Gasteiger partial charge in [0.15, 0.2) is 0 Å². The van der Waals surface area contributed by atoms with Crippen molar-refractivity contribution in [2.45, 2.75) is 58.8 Å². The van der Waals surface area contributed by atoms with E-state index in [1.165, 1.54) is 50.5 Å². The van der Waals surface area contributed by atoms with Gasteiger partial charge < -0.3 is 5.11 Å². The molecule has 1 aliphatic rings. The van der Waals surface area contributed by atoms with Crippen molar-refractivity contribution in [3.8, 4) is 5.75 Å². The fraction of sp³-hybridized carbons (Fsp3) is 0.625. The Labute approximate surface area is 105 Å². The second kappa shape index (κ2) is 5.57. The second-order valence-corrected chi connectivity index (χ2v) is 5.62. The highest BCUT2D eigenvalue weighted by Gasteiger charge is 2.13. The maximum absolute atomic E-state index is 9.75. The van der Waals surface area contributed by atoms with Gasteiger partial charge in [-0.05, 0) is 49.3 Å². The van der Waals surface area contributed by atoms with E-state index in [0.29, 0.717) is 5.75 Å². The Morgan fingerprint density at radius 3 is 2.24 bits per heavy atom. The summed E-state index contributed by atoms with van der Waals surface area (Å²) >= 11 is 0. The van der Waals surface area contributed by atoms with Gasteiger partial charge in [0.05, 0.1) is 0 Å². The van der Waals surface area contributed by atoms with Crippen molar-refractivity contribution >= 4 is 0 Å². The van der Waals surface area contributed by atoms with Gasteiger partial charge in [0, 0.05) is 0 Å². The Morgan fingerprint density at radius 1 is 1.06 bits per heavy atom. The summed E-state index contributed by atoms with van der Waals surface area (Å²) in [5.74, 6) is 1.41. The molecule has 0 saturated heterocycles. The molecule has 0 amide bonds. The van der Waals surface area contributed by atoms with E-state index in [-0.39, 0.29) is 0 Å². The van der Waals surface area contributed by atoms with Gasteiger partial charge in [-0.15, -0.1) is 0 Å². The summed E-state index contributed by atoms with van der Waals surface area (Å²) in [6.45, 7) is 3.99. The van der Waals surface area contributed by atoms with Gasteiger partial charge in [-0.1, -0.05) is 44.2 Å². The van der Waals surface area contributed by atoms with E-state index < -0.39 is 0 Å². The topological polar surface area (TPSA) is 20.2 Å². The molecule has 1 fully saturated rings. The zero-order chi connectivity index (χ0) is 12.3. The number of benzene rings is 1. The zero-order valence-electron chi connectivity index (χ0n) is 11.1. The standard InChI is InChI=1S/C16H24O/c1-12-10-15(11-13(2)16(12)17)9-8-14-6-4-3-5-7-14/h10-11,14,17H,3-9H2,1-2H3. The lowest BCUT2D eigenvalue weighted by atomic mass is 9.85. The Hall–Kier alpha value is -0.980. The van der Waals surface area contributed by atoms with Crippen LogP contribution in [0.2, 0.25) is 0 Å². The van der Waals surface area contributed by atoms with Crippen LogP contribution in [0.4, 0.5) is 0 Å². The summed E-state index contributed by atoms with van der Waals surface area (Å²) in [7, 11) is 0. The maximum Gasteiger partial charge on any atom is 0.121 e. The first-order valence-electron chi connectivity index (χ1n) is 6.96. The van der Waals surface area contributed by atoms with E-state index in [9.17, 15) is 5.11 Å². The van der Waals surface area contributed by atoms with Gasteiger partial charge in [0.1, 0.15) is 5.75 Å². The molecule has 1 saturated carbocycles. The van der Waals surface area contributed by atoms with Crippen LogP contribution in [0.5, 0.6) is 5.75 Å². The number of hydrogen-bond donors (Lipinski definition) is 1. The molecule has 94 valence electrons. The molecule has 2 rings (SSSR count). The summed E-state index contributed by atoms with van der Waals surface area (Å²) in [4.78, 5) is 0. The summed E-state index contributed by atoms with van der Waals surface area (Å²) < 4.78 is 0. The van der Waals surface area contributed by atoms with E-state index in [1.807, 2.05) is 13.8 Å². The molecule has 1 aromatic carbocycles. The zero-order valence-corrected chi connectivity index (χ0v) is 11.1. The Kier molecular flexibility index (Phi) is 4.09. The Balaban J connectivity index is 1.94. The lowest BCUT2D eigenvalue weighted by Gasteiger charge is -2.21. The van der Waals surface area contributed by atoms with Gasteiger partial charge in [-0.3, -0.25) is 0 Å². The fourth-order valence-electron chi connectivity index (χ4n) is 3.04. The second-order valence-electron chi connectivity index (χ2n) is 5.62. The average molecular weight is 232 g/mol. The number of hydrogen-bond acceptors (Lipinski definition) is 1. The normalized spacial score (nSPS) is 17.3. The van der Waals surface area contributed by atoms with Gasteiger partial charge in [0.25, 0.3) is 0 Å². The van der Waals surface area contributed by atoms with Crippen molar-refractivity contribution in [3.63, 3.8) is 0 Å². The third kappa shape index (κ3) is 3.24. The summed E-state index contributed by atoms with van der Waals surface area (Å²) in [5, 5.41) is 9.75. The van der Waals surface area contributed by atoms with Crippen LogP contribution < -0.4 is 0 Å².